The third-order valence-electron chi connectivity index (χ3n) is 2.61. The van der Waals surface area contributed by atoms with Gasteiger partial charge in [-0.1, -0.05) is 24.3 Å². The van der Waals surface area contributed by atoms with Crippen LogP contribution in [0.1, 0.15) is 16.8 Å². The maximum absolute atomic E-state index is 7.33. The van der Waals surface area contributed by atoms with Crippen LogP contribution >= 0.6 is 11.8 Å². The summed E-state index contributed by atoms with van der Waals surface area (Å²) in [7, 11) is 1.95. The number of aryl methyl sites for hydroxylation is 2. The SMILES string of the molecule is Cc1cc(SCc2ccc(C(=N)N)cc2)n(C)n1. The van der Waals surface area contributed by atoms with Crippen LogP contribution in [0.15, 0.2) is 35.4 Å². The Balaban J connectivity index is 2.02. The molecule has 2 aromatic rings. The highest BCUT2D eigenvalue weighted by Crippen LogP contribution is 2.23. The van der Waals surface area contributed by atoms with E-state index in [0.29, 0.717) is 0 Å². The Morgan fingerprint density at radius 3 is 2.56 bits per heavy atom. The highest BCUT2D eigenvalue weighted by Gasteiger charge is 2.03. The molecule has 0 amide bonds. The monoisotopic (exact) mass is 260 g/mol. The van der Waals surface area contributed by atoms with Crippen LogP contribution in [0.25, 0.3) is 0 Å². The summed E-state index contributed by atoms with van der Waals surface area (Å²) in [5.41, 5.74) is 8.43. The summed E-state index contributed by atoms with van der Waals surface area (Å²) in [4.78, 5) is 0. The number of amidine groups is 1. The van der Waals surface area contributed by atoms with Crippen LogP contribution in [0, 0.1) is 12.3 Å². The van der Waals surface area contributed by atoms with Crippen molar-refractivity contribution in [3.05, 3.63) is 47.2 Å². The van der Waals surface area contributed by atoms with Crippen LogP contribution in [-0.4, -0.2) is 15.6 Å². The van der Waals surface area contributed by atoms with Gasteiger partial charge in [0.2, 0.25) is 0 Å². The molecular formula is C13H16N4S. The number of nitrogens with zero attached hydrogens (tertiary/aromatic N) is 2. The van der Waals surface area contributed by atoms with Gasteiger partial charge in [0, 0.05) is 18.4 Å². The van der Waals surface area contributed by atoms with Gasteiger partial charge in [-0.25, -0.2) is 0 Å². The lowest BCUT2D eigenvalue weighted by molar-refractivity contribution is 0.692. The Labute approximate surface area is 111 Å². The van der Waals surface area contributed by atoms with Gasteiger partial charge >= 0.3 is 0 Å². The summed E-state index contributed by atoms with van der Waals surface area (Å²) in [6.45, 7) is 1.99. The van der Waals surface area contributed by atoms with E-state index in [0.717, 1.165) is 22.0 Å². The molecule has 2 rings (SSSR count). The number of thioether (sulfide) groups is 1. The van der Waals surface area contributed by atoms with Gasteiger partial charge in [0.25, 0.3) is 0 Å². The van der Waals surface area contributed by atoms with Gasteiger partial charge in [-0.05, 0) is 18.6 Å². The average molecular weight is 260 g/mol. The van der Waals surface area contributed by atoms with E-state index >= 15 is 0 Å². The zero-order valence-electron chi connectivity index (χ0n) is 10.5. The van der Waals surface area contributed by atoms with E-state index in [-0.39, 0.29) is 5.84 Å². The fourth-order valence-corrected chi connectivity index (χ4v) is 2.65. The number of nitrogen functional groups attached to an aromatic ring is 1. The molecular weight excluding hydrogens is 244 g/mol. The molecule has 0 bridgehead atoms. The fourth-order valence-electron chi connectivity index (χ4n) is 1.66. The zero-order valence-corrected chi connectivity index (χ0v) is 11.3. The molecule has 0 spiro atoms. The molecule has 1 heterocycles. The Bertz CT molecular complexity index is 557. The van der Waals surface area contributed by atoms with Crippen LogP contribution in [0.4, 0.5) is 0 Å². The van der Waals surface area contributed by atoms with Gasteiger partial charge in [0.15, 0.2) is 0 Å². The van der Waals surface area contributed by atoms with Crippen molar-refractivity contribution in [1.29, 1.82) is 5.41 Å². The molecule has 1 aromatic heterocycles. The smallest absolute Gasteiger partial charge is 0.122 e. The van der Waals surface area contributed by atoms with E-state index in [1.165, 1.54) is 5.56 Å². The van der Waals surface area contributed by atoms with E-state index in [2.05, 4.69) is 11.2 Å². The minimum Gasteiger partial charge on any atom is -0.384 e. The van der Waals surface area contributed by atoms with Gasteiger partial charge in [-0.2, -0.15) is 5.10 Å². The van der Waals surface area contributed by atoms with E-state index in [4.69, 9.17) is 11.1 Å². The van der Waals surface area contributed by atoms with Crippen molar-refractivity contribution in [1.82, 2.24) is 9.78 Å². The predicted octanol–water partition coefficient (Wildman–Crippen LogP) is 2.30. The summed E-state index contributed by atoms with van der Waals surface area (Å²) < 4.78 is 1.89. The lowest BCUT2D eigenvalue weighted by atomic mass is 10.1. The topological polar surface area (TPSA) is 67.7 Å². The normalized spacial score (nSPS) is 10.6. The summed E-state index contributed by atoms with van der Waals surface area (Å²) >= 11 is 1.75. The number of rotatable bonds is 4. The van der Waals surface area contributed by atoms with Crippen molar-refractivity contribution in [2.24, 2.45) is 12.8 Å². The summed E-state index contributed by atoms with van der Waals surface area (Å²) in [5, 5.41) is 12.8. The summed E-state index contributed by atoms with van der Waals surface area (Å²) in [6.07, 6.45) is 0. The number of hydrogen-bond donors (Lipinski definition) is 2. The number of nitrogens with one attached hydrogen (secondary N) is 1. The Hall–Kier alpha value is -1.75. The van der Waals surface area contributed by atoms with Crippen LogP contribution < -0.4 is 5.73 Å². The molecule has 0 aliphatic rings. The second-order valence-corrected chi connectivity index (χ2v) is 5.14. The Kier molecular flexibility index (Phi) is 3.72. The lowest BCUT2D eigenvalue weighted by Gasteiger charge is -2.03. The number of nitrogens with two attached hydrogens (primary N) is 1. The van der Waals surface area contributed by atoms with Gasteiger partial charge in [-0.15, -0.1) is 11.8 Å². The molecule has 3 N–H and O–H groups in total. The quantitative estimate of drug-likeness (QED) is 0.503. The average Bonchev–Trinajstić information content (AvgIpc) is 2.66. The first kappa shape index (κ1) is 12.7. The van der Waals surface area contributed by atoms with Crippen molar-refractivity contribution in [3.63, 3.8) is 0 Å². The van der Waals surface area contributed by atoms with Crippen LogP contribution in [-0.2, 0) is 12.8 Å². The Morgan fingerprint density at radius 1 is 1.39 bits per heavy atom. The molecule has 5 heteroatoms. The van der Waals surface area contributed by atoms with E-state index in [1.54, 1.807) is 11.8 Å². The second-order valence-electron chi connectivity index (χ2n) is 4.15. The predicted molar refractivity (Wildman–Crippen MR) is 75.0 cm³/mol. The summed E-state index contributed by atoms with van der Waals surface area (Å²) in [6, 6.07) is 9.86. The zero-order chi connectivity index (χ0) is 13.1. The first-order valence-electron chi connectivity index (χ1n) is 5.63. The lowest BCUT2D eigenvalue weighted by Crippen LogP contribution is -2.10. The van der Waals surface area contributed by atoms with Crippen molar-refractivity contribution in [3.8, 4) is 0 Å². The molecule has 0 fully saturated rings. The number of hydrogen-bond acceptors (Lipinski definition) is 3. The fraction of sp³-hybridized carbons (Fsp3) is 0.231. The highest BCUT2D eigenvalue weighted by atomic mass is 32.2. The highest BCUT2D eigenvalue weighted by molar-refractivity contribution is 7.98. The van der Waals surface area contributed by atoms with E-state index < -0.39 is 0 Å². The van der Waals surface area contributed by atoms with E-state index in [9.17, 15) is 0 Å². The van der Waals surface area contributed by atoms with Crippen molar-refractivity contribution < 1.29 is 0 Å². The molecule has 0 saturated carbocycles. The minimum absolute atomic E-state index is 0.108. The molecule has 0 aliphatic heterocycles. The van der Waals surface area contributed by atoms with Gasteiger partial charge in [-0.3, -0.25) is 10.1 Å². The second kappa shape index (κ2) is 5.27. The summed E-state index contributed by atoms with van der Waals surface area (Å²) in [5.74, 6) is 0.994. The van der Waals surface area contributed by atoms with Crippen molar-refractivity contribution in [2.75, 3.05) is 0 Å². The molecule has 18 heavy (non-hydrogen) atoms. The van der Waals surface area contributed by atoms with Crippen LogP contribution in [0.3, 0.4) is 0 Å². The first-order valence-corrected chi connectivity index (χ1v) is 6.61. The van der Waals surface area contributed by atoms with Gasteiger partial charge < -0.3 is 5.73 Å². The largest absolute Gasteiger partial charge is 0.384 e. The van der Waals surface area contributed by atoms with Gasteiger partial charge in [0.1, 0.15) is 5.84 Å². The van der Waals surface area contributed by atoms with Crippen molar-refractivity contribution >= 4 is 17.6 Å². The van der Waals surface area contributed by atoms with Crippen LogP contribution in [0.5, 0.6) is 0 Å². The minimum atomic E-state index is 0.108. The maximum atomic E-state index is 7.33. The standard InChI is InChI=1S/C13H16N4S/c1-9-7-12(17(2)16-9)18-8-10-3-5-11(6-4-10)13(14)15/h3-7H,8H2,1-2H3,(H3,14,15). The maximum Gasteiger partial charge on any atom is 0.122 e. The molecule has 0 unspecified atom stereocenters. The Morgan fingerprint density at radius 2 is 2.06 bits per heavy atom. The molecule has 1 aromatic carbocycles. The third-order valence-corrected chi connectivity index (χ3v) is 3.77. The van der Waals surface area contributed by atoms with Crippen LogP contribution in [0.2, 0.25) is 0 Å². The molecule has 0 atom stereocenters. The number of aromatic nitrogens is 2. The number of benzene rings is 1. The molecule has 0 aliphatic carbocycles. The van der Waals surface area contributed by atoms with Gasteiger partial charge in [0.05, 0.1) is 10.7 Å². The molecule has 0 saturated heterocycles. The molecule has 0 radical (unpaired) electrons. The molecule has 94 valence electrons. The van der Waals surface area contributed by atoms with Crippen molar-refractivity contribution in [2.45, 2.75) is 17.7 Å². The third kappa shape index (κ3) is 2.92. The molecule has 4 nitrogen and oxygen atoms in total. The first-order chi connectivity index (χ1) is 8.56. The van der Waals surface area contributed by atoms with E-state index in [1.807, 2.05) is 42.9 Å².